The van der Waals surface area contributed by atoms with Gasteiger partial charge in [0.05, 0.1) is 27.1 Å². The molecule has 0 aliphatic carbocycles. The Kier molecular flexibility index (Phi) is 6.11. The van der Waals surface area contributed by atoms with Crippen LogP contribution in [0.4, 0.5) is 11.4 Å². The normalized spacial score (nSPS) is 12.2. The molecule has 9 nitrogen and oxygen atoms in total. The van der Waals surface area contributed by atoms with Crippen molar-refractivity contribution in [2.45, 2.75) is 31.7 Å². The Morgan fingerprint density at radius 2 is 1.81 bits per heavy atom. The highest BCUT2D eigenvalue weighted by Gasteiger charge is 2.22. The lowest BCUT2D eigenvalue weighted by atomic mass is 10.1. The minimum atomic E-state index is -4.16. The van der Waals surface area contributed by atoms with Gasteiger partial charge >= 0.3 is 0 Å². The van der Waals surface area contributed by atoms with Crippen LogP contribution in [0.1, 0.15) is 40.4 Å². The maximum atomic E-state index is 12.9. The summed E-state index contributed by atoms with van der Waals surface area (Å²) in [4.78, 5) is 22.9. The highest BCUT2D eigenvalue weighted by molar-refractivity contribution is 7.92. The molecule has 0 fully saturated rings. The minimum absolute atomic E-state index is 0.0544. The van der Waals surface area contributed by atoms with Crippen LogP contribution in [-0.4, -0.2) is 19.2 Å². The molecule has 0 radical (unpaired) electrons. The first-order valence-electron chi connectivity index (χ1n) is 9.32. The van der Waals surface area contributed by atoms with Crippen LogP contribution in [0.3, 0.4) is 0 Å². The van der Waals surface area contributed by atoms with Crippen molar-refractivity contribution in [1.82, 2.24) is 5.32 Å². The summed E-state index contributed by atoms with van der Waals surface area (Å²) >= 11 is 0. The van der Waals surface area contributed by atoms with E-state index < -0.39 is 20.9 Å². The van der Waals surface area contributed by atoms with Crippen LogP contribution >= 0.6 is 0 Å². The fraction of sp³-hybridized carbons (Fsp3) is 0.190. The second kappa shape index (κ2) is 8.60. The van der Waals surface area contributed by atoms with Crippen molar-refractivity contribution in [3.8, 4) is 0 Å². The molecule has 2 N–H and O–H groups in total. The summed E-state index contributed by atoms with van der Waals surface area (Å²) in [7, 11) is -4.16. The van der Waals surface area contributed by atoms with Gasteiger partial charge in [-0.25, -0.2) is 8.42 Å². The number of sulfonamides is 1. The SMILES string of the molecule is Cc1cc(C(C)NC(=O)c2ccccc2NS(=O)(=O)c2cccc([N+](=O)[O-])c2)c(C)o1. The molecule has 2 aromatic carbocycles. The van der Waals surface area contributed by atoms with Gasteiger partial charge in [0, 0.05) is 17.7 Å². The number of nitro groups is 1. The monoisotopic (exact) mass is 443 g/mol. The topological polar surface area (TPSA) is 132 Å². The number of para-hydroxylation sites is 1. The van der Waals surface area contributed by atoms with Gasteiger partial charge in [-0.05, 0) is 45.0 Å². The number of hydrogen-bond acceptors (Lipinski definition) is 6. The molecule has 0 saturated carbocycles. The van der Waals surface area contributed by atoms with E-state index in [-0.39, 0.29) is 27.9 Å². The maximum absolute atomic E-state index is 12.9. The summed E-state index contributed by atoms with van der Waals surface area (Å²) in [6.45, 7) is 5.40. The second-order valence-corrected chi connectivity index (χ2v) is 8.65. The van der Waals surface area contributed by atoms with Gasteiger partial charge in [-0.1, -0.05) is 18.2 Å². The lowest BCUT2D eigenvalue weighted by molar-refractivity contribution is -0.385. The summed E-state index contributed by atoms with van der Waals surface area (Å²) in [5.41, 5.74) is 0.633. The first kappa shape index (κ1) is 22.0. The van der Waals surface area contributed by atoms with Crippen LogP contribution in [-0.2, 0) is 10.0 Å². The largest absolute Gasteiger partial charge is 0.466 e. The third kappa shape index (κ3) is 4.92. The van der Waals surface area contributed by atoms with E-state index in [0.29, 0.717) is 5.76 Å². The number of hydrogen-bond donors (Lipinski definition) is 2. The van der Waals surface area contributed by atoms with Crippen molar-refractivity contribution >= 4 is 27.3 Å². The first-order valence-corrected chi connectivity index (χ1v) is 10.8. The number of nitrogens with one attached hydrogen (secondary N) is 2. The highest BCUT2D eigenvalue weighted by atomic mass is 32.2. The average Bonchev–Trinajstić information content (AvgIpc) is 3.06. The van der Waals surface area contributed by atoms with E-state index in [1.807, 2.05) is 13.0 Å². The molecule has 1 heterocycles. The average molecular weight is 443 g/mol. The molecule has 0 bridgehead atoms. The number of carbonyl (C=O) groups excluding carboxylic acids is 1. The predicted octanol–water partition coefficient (Wildman–Crippen LogP) is 4.10. The molecule has 31 heavy (non-hydrogen) atoms. The highest BCUT2D eigenvalue weighted by Crippen LogP contribution is 2.25. The Hall–Kier alpha value is -3.66. The third-order valence-electron chi connectivity index (χ3n) is 4.65. The Morgan fingerprint density at radius 1 is 1.10 bits per heavy atom. The zero-order valence-corrected chi connectivity index (χ0v) is 17.9. The van der Waals surface area contributed by atoms with Crippen LogP contribution in [0.2, 0.25) is 0 Å². The number of benzene rings is 2. The number of furan rings is 1. The lowest BCUT2D eigenvalue weighted by Gasteiger charge is -2.16. The second-order valence-electron chi connectivity index (χ2n) is 6.97. The Bertz CT molecular complexity index is 1250. The molecule has 0 aliphatic rings. The maximum Gasteiger partial charge on any atom is 0.270 e. The molecule has 0 saturated heterocycles. The summed E-state index contributed by atoms with van der Waals surface area (Å²) in [6.07, 6.45) is 0. The smallest absolute Gasteiger partial charge is 0.270 e. The van der Waals surface area contributed by atoms with Gasteiger partial charge in [-0.3, -0.25) is 19.6 Å². The van der Waals surface area contributed by atoms with Crippen molar-refractivity contribution in [3.63, 3.8) is 0 Å². The number of anilines is 1. The molecular formula is C21H21N3O6S. The fourth-order valence-corrected chi connectivity index (χ4v) is 4.29. The Balaban J connectivity index is 1.86. The third-order valence-corrected chi connectivity index (χ3v) is 6.01. The molecule has 1 aromatic heterocycles. The van der Waals surface area contributed by atoms with Crippen molar-refractivity contribution in [2.24, 2.45) is 0 Å². The zero-order valence-electron chi connectivity index (χ0n) is 17.1. The molecule has 1 amide bonds. The van der Waals surface area contributed by atoms with Gasteiger partial charge in [0.1, 0.15) is 11.5 Å². The fourth-order valence-electron chi connectivity index (χ4n) is 3.17. The van der Waals surface area contributed by atoms with E-state index >= 15 is 0 Å². The molecule has 162 valence electrons. The number of nitrogens with zero attached hydrogens (tertiary/aromatic N) is 1. The van der Waals surface area contributed by atoms with Gasteiger partial charge < -0.3 is 9.73 Å². The van der Waals surface area contributed by atoms with Gasteiger partial charge in [-0.2, -0.15) is 0 Å². The number of amides is 1. The molecule has 0 spiro atoms. The molecule has 3 rings (SSSR count). The molecule has 0 aliphatic heterocycles. The number of nitro benzene ring substituents is 1. The summed E-state index contributed by atoms with van der Waals surface area (Å²) in [5, 5.41) is 13.8. The molecule has 10 heteroatoms. The van der Waals surface area contributed by atoms with Gasteiger partial charge in [0.2, 0.25) is 0 Å². The molecular weight excluding hydrogens is 422 g/mol. The van der Waals surface area contributed by atoms with Gasteiger partial charge in [-0.15, -0.1) is 0 Å². The van der Waals surface area contributed by atoms with Gasteiger partial charge in [0.25, 0.3) is 21.6 Å². The van der Waals surface area contributed by atoms with Gasteiger partial charge in [0.15, 0.2) is 0 Å². The lowest BCUT2D eigenvalue weighted by Crippen LogP contribution is -2.28. The Labute approximate surface area is 179 Å². The number of aryl methyl sites for hydroxylation is 2. The number of rotatable bonds is 7. The first-order chi connectivity index (χ1) is 14.6. The molecule has 1 unspecified atom stereocenters. The van der Waals surface area contributed by atoms with E-state index in [2.05, 4.69) is 10.0 Å². The van der Waals surface area contributed by atoms with Crippen molar-refractivity contribution in [1.29, 1.82) is 0 Å². The summed E-state index contributed by atoms with van der Waals surface area (Å²) in [5.74, 6) is 0.923. The standard InChI is InChI=1S/C21H21N3O6S/c1-13-11-19(15(3)30-13)14(2)22-21(25)18-9-4-5-10-20(18)23-31(28,29)17-8-6-7-16(12-17)24(26)27/h4-12,14,23H,1-3H3,(H,22,25). The summed E-state index contributed by atoms with van der Waals surface area (Å²) in [6, 6.07) is 12.3. The van der Waals surface area contributed by atoms with Crippen molar-refractivity contribution in [2.75, 3.05) is 4.72 Å². The summed E-state index contributed by atoms with van der Waals surface area (Å²) < 4.78 is 33.4. The Morgan fingerprint density at radius 3 is 2.45 bits per heavy atom. The van der Waals surface area contributed by atoms with E-state index in [0.717, 1.165) is 17.4 Å². The van der Waals surface area contributed by atoms with Crippen LogP contribution in [0, 0.1) is 24.0 Å². The van der Waals surface area contributed by atoms with Crippen LogP contribution in [0.25, 0.3) is 0 Å². The quantitative estimate of drug-likeness (QED) is 0.417. The van der Waals surface area contributed by atoms with Crippen molar-refractivity contribution in [3.05, 3.63) is 87.4 Å². The van der Waals surface area contributed by atoms with E-state index in [1.54, 1.807) is 26.0 Å². The van der Waals surface area contributed by atoms with Crippen molar-refractivity contribution < 1.29 is 22.6 Å². The van der Waals surface area contributed by atoms with E-state index in [1.165, 1.54) is 30.3 Å². The molecule has 1 atom stereocenters. The van der Waals surface area contributed by atoms with E-state index in [4.69, 9.17) is 4.42 Å². The number of carbonyl (C=O) groups is 1. The van der Waals surface area contributed by atoms with Crippen LogP contribution in [0.5, 0.6) is 0 Å². The van der Waals surface area contributed by atoms with Crippen LogP contribution < -0.4 is 10.0 Å². The minimum Gasteiger partial charge on any atom is -0.466 e. The molecule has 3 aromatic rings. The zero-order chi connectivity index (χ0) is 22.8. The number of non-ortho nitro benzene ring substituents is 1. The predicted molar refractivity (Wildman–Crippen MR) is 114 cm³/mol. The van der Waals surface area contributed by atoms with Crippen LogP contribution in [0.15, 0.2) is 63.9 Å². The van der Waals surface area contributed by atoms with E-state index in [9.17, 15) is 23.3 Å².